The van der Waals surface area contributed by atoms with Crippen molar-refractivity contribution in [1.82, 2.24) is 0 Å². The molecule has 0 unspecified atom stereocenters. The standard InChI is InChI=1S/C8H12S/c1-2-3-8-4-6-9-7-5-8/h1,8H,3-7H2. The molecule has 9 heavy (non-hydrogen) atoms. The van der Waals surface area contributed by atoms with Gasteiger partial charge in [0, 0.05) is 6.42 Å². The molecule has 1 fully saturated rings. The molecule has 0 saturated carbocycles. The van der Waals surface area contributed by atoms with Crippen molar-refractivity contribution < 1.29 is 0 Å². The molecule has 0 spiro atoms. The van der Waals surface area contributed by atoms with Crippen molar-refractivity contribution >= 4 is 11.8 Å². The van der Waals surface area contributed by atoms with Crippen LogP contribution in [-0.4, -0.2) is 11.5 Å². The first kappa shape index (κ1) is 7.02. The van der Waals surface area contributed by atoms with Crippen molar-refractivity contribution in [3.8, 4) is 12.3 Å². The monoisotopic (exact) mass is 140 g/mol. The van der Waals surface area contributed by atoms with E-state index in [1.165, 1.54) is 24.3 Å². The van der Waals surface area contributed by atoms with E-state index in [9.17, 15) is 0 Å². The van der Waals surface area contributed by atoms with Gasteiger partial charge in [-0.25, -0.2) is 0 Å². The summed E-state index contributed by atoms with van der Waals surface area (Å²) in [5.74, 6) is 6.22. The Morgan fingerprint density at radius 1 is 1.44 bits per heavy atom. The first-order valence-electron chi connectivity index (χ1n) is 3.44. The Kier molecular flexibility index (Phi) is 3.00. The van der Waals surface area contributed by atoms with Gasteiger partial charge in [0.15, 0.2) is 0 Å². The third kappa shape index (κ3) is 2.32. The third-order valence-electron chi connectivity index (χ3n) is 1.75. The van der Waals surface area contributed by atoms with Crippen LogP contribution in [0.25, 0.3) is 0 Å². The molecule has 1 rings (SSSR count). The Morgan fingerprint density at radius 3 is 2.67 bits per heavy atom. The van der Waals surface area contributed by atoms with E-state index in [2.05, 4.69) is 17.7 Å². The average molecular weight is 140 g/mol. The summed E-state index contributed by atoms with van der Waals surface area (Å²) in [5.41, 5.74) is 0. The average Bonchev–Trinajstić information content (AvgIpc) is 1.91. The largest absolute Gasteiger partial charge is 0.162 e. The zero-order valence-electron chi connectivity index (χ0n) is 5.60. The van der Waals surface area contributed by atoms with E-state index in [1.807, 2.05) is 0 Å². The quantitative estimate of drug-likeness (QED) is 0.503. The molecule has 0 aromatic carbocycles. The molecule has 0 aliphatic carbocycles. The Hall–Kier alpha value is -0.0900. The lowest BCUT2D eigenvalue weighted by Crippen LogP contribution is -2.08. The highest BCUT2D eigenvalue weighted by molar-refractivity contribution is 7.99. The van der Waals surface area contributed by atoms with Gasteiger partial charge in [-0.2, -0.15) is 11.8 Å². The number of hydrogen-bond donors (Lipinski definition) is 0. The SMILES string of the molecule is C#CCC1CCSCC1. The van der Waals surface area contributed by atoms with Crippen LogP contribution in [0.4, 0.5) is 0 Å². The number of terminal acetylenes is 1. The van der Waals surface area contributed by atoms with Gasteiger partial charge < -0.3 is 0 Å². The summed E-state index contributed by atoms with van der Waals surface area (Å²) < 4.78 is 0. The van der Waals surface area contributed by atoms with Crippen molar-refractivity contribution in [2.75, 3.05) is 11.5 Å². The normalized spacial score (nSPS) is 21.2. The highest BCUT2D eigenvalue weighted by Crippen LogP contribution is 2.24. The number of hydrogen-bond acceptors (Lipinski definition) is 1. The minimum absolute atomic E-state index is 0.844. The smallest absolute Gasteiger partial charge is 0.0115 e. The Bertz CT molecular complexity index is 106. The molecule has 0 bridgehead atoms. The van der Waals surface area contributed by atoms with E-state index in [-0.39, 0.29) is 0 Å². The van der Waals surface area contributed by atoms with E-state index in [0.29, 0.717) is 0 Å². The molecule has 0 N–H and O–H groups in total. The summed E-state index contributed by atoms with van der Waals surface area (Å²) in [5, 5.41) is 0. The summed E-state index contributed by atoms with van der Waals surface area (Å²) in [6, 6.07) is 0. The van der Waals surface area contributed by atoms with Crippen LogP contribution in [0.1, 0.15) is 19.3 Å². The minimum Gasteiger partial charge on any atom is -0.162 e. The van der Waals surface area contributed by atoms with Crippen LogP contribution in [0.5, 0.6) is 0 Å². The van der Waals surface area contributed by atoms with Crippen LogP contribution < -0.4 is 0 Å². The van der Waals surface area contributed by atoms with Gasteiger partial charge in [-0.15, -0.1) is 12.3 Å². The topological polar surface area (TPSA) is 0 Å². The maximum absolute atomic E-state index is 5.20. The van der Waals surface area contributed by atoms with Crippen LogP contribution >= 0.6 is 11.8 Å². The van der Waals surface area contributed by atoms with Gasteiger partial charge in [-0.05, 0) is 30.3 Å². The second kappa shape index (κ2) is 3.85. The summed E-state index contributed by atoms with van der Waals surface area (Å²) in [6.45, 7) is 0. The predicted molar refractivity (Wildman–Crippen MR) is 43.5 cm³/mol. The van der Waals surface area contributed by atoms with Gasteiger partial charge in [-0.1, -0.05) is 0 Å². The molecule has 1 aliphatic heterocycles. The lowest BCUT2D eigenvalue weighted by Gasteiger charge is -2.18. The molecular formula is C8H12S. The molecule has 0 aromatic heterocycles. The predicted octanol–water partition coefficient (Wildman–Crippen LogP) is 2.15. The van der Waals surface area contributed by atoms with Gasteiger partial charge in [0.2, 0.25) is 0 Å². The Morgan fingerprint density at radius 2 is 2.11 bits per heavy atom. The first-order valence-corrected chi connectivity index (χ1v) is 4.60. The summed E-state index contributed by atoms with van der Waals surface area (Å²) in [7, 11) is 0. The lowest BCUT2D eigenvalue weighted by atomic mass is 10.00. The Balaban J connectivity index is 2.17. The first-order chi connectivity index (χ1) is 4.43. The molecule has 0 amide bonds. The van der Waals surface area contributed by atoms with Crippen LogP contribution in [0, 0.1) is 18.3 Å². The maximum Gasteiger partial charge on any atom is 0.0115 e. The van der Waals surface area contributed by atoms with Crippen molar-refractivity contribution in [3.63, 3.8) is 0 Å². The zero-order chi connectivity index (χ0) is 6.53. The van der Waals surface area contributed by atoms with Crippen molar-refractivity contribution in [3.05, 3.63) is 0 Å². The van der Waals surface area contributed by atoms with Crippen LogP contribution in [0.2, 0.25) is 0 Å². The zero-order valence-corrected chi connectivity index (χ0v) is 6.41. The molecule has 1 heteroatoms. The van der Waals surface area contributed by atoms with Crippen molar-refractivity contribution in [1.29, 1.82) is 0 Å². The summed E-state index contributed by atoms with van der Waals surface area (Å²) in [6.07, 6.45) is 8.89. The van der Waals surface area contributed by atoms with Gasteiger partial charge in [-0.3, -0.25) is 0 Å². The van der Waals surface area contributed by atoms with Crippen LogP contribution in [0.15, 0.2) is 0 Å². The van der Waals surface area contributed by atoms with E-state index in [4.69, 9.17) is 6.42 Å². The van der Waals surface area contributed by atoms with Gasteiger partial charge in [0.25, 0.3) is 0 Å². The van der Waals surface area contributed by atoms with E-state index < -0.39 is 0 Å². The fraction of sp³-hybridized carbons (Fsp3) is 0.750. The summed E-state index contributed by atoms with van der Waals surface area (Å²) >= 11 is 2.06. The van der Waals surface area contributed by atoms with Crippen LogP contribution in [0.3, 0.4) is 0 Å². The van der Waals surface area contributed by atoms with Gasteiger partial charge in [0.1, 0.15) is 0 Å². The molecule has 50 valence electrons. The van der Waals surface area contributed by atoms with Crippen LogP contribution in [-0.2, 0) is 0 Å². The molecule has 0 atom stereocenters. The molecule has 0 aromatic rings. The Labute approximate surface area is 61.4 Å². The number of thioether (sulfide) groups is 1. The minimum atomic E-state index is 0.844. The molecule has 1 heterocycles. The maximum atomic E-state index is 5.20. The highest BCUT2D eigenvalue weighted by atomic mass is 32.2. The second-order valence-corrected chi connectivity index (χ2v) is 3.69. The fourth-order valence-corrected chi connectivity index (χ4v) is 2.32. The third-order valence-corrected chi connectivity index (χ3v) is 2.80. The van der Waals surface area contributed by atoms with E-state index in [0.717, 1.165) is 12.3 Å². The molecule has 1 saturated heterocycles. The second-order valence-electron chi connectivity index (χ2n) is 2.46. The van der Waals surface area contributed by atoms with Crippen molar-refractivity contribution in [2.45, 2.75) is 19.3 Å². The van der Waals surface area contributed by atoms with Gasteiger partial charge >= 0.3 is 0 Å². The highest BCUT2D eigenvalue weighted by Gasteiger charge is 2.11. The lowest BCUT2D eigenvalue weighted by molar-refractivity contribution is 0.504. The summed E-state index contributed by atoms with van der Waals surface area (Å²) in [4.78, 5) is 0. The van der Waals surface area contributed by atoms with Crippen molar-refractivity contribution in [2.24, 2.45) is 5.92 Å². The molecule has 0 radical (unpaired) electrons. The molecule has 1 aliphatic rings. The van der Waals surface area contributed by atoms with Gasteiger partial charge in [0.05, 0.1) is 0 Å². The molecule has 0 nitrogen and oxygen atoms in total. The number of rotatable bonds is 1. The van der Waals surface area contributed by atoms with E-state index >= 15 is 0 Å². The fourth-order valence-electron chi connectivity index (χ4n) is 1.12. The molecular weight excluding hydrogens is 128 g/mol. The van der Waals surface area contributed by atoms with E-state index in [1.54, 1.807) is 0 Å².